The van der Waals surface area contributed by atoms with E-state index in [1.165, 1.54) is 12.1 Å². The predicted octanol–water partition coefficient (Wildman–Crippen LogP) is 2.85. The van der Waals surface area contributed by atoms with E-state index < -0.39 is 5.97 Å². The van der Waals surface area contributed by atoms with Gasteiger partial charge in [0.2, 0.25) is 0 Å². The van der Waals surface area contributed by atoms with Crippen LogP contribution in [0.5, 0.6) is 0 Å². The Bertz CT molecular complexity index is 1050. The number of hydrogen-bond acceptors (Lipinski definition) is 3. The van der Waals surface area contributed by atoms with Crippen LogP contribution < -0.4 is 5.32 Å². The van der Waals surface area contributed by atoms with E-state index in [4.69, 9.17) is 9.84 Å². The SMILES string of the molecule is O=C(O)COC[C@@H]1c2ccccc2C[C@H]1NC(=O)c1cc2cc(F)ccc2[nH]1. The number of carbonyl (C=O) groups is 2. The highest BCUT2D eigenvalue weighted by Gasteiger charge is 2.34. The van der Waals surface area contributed by atoms with Crippen molar-refractivity contribution in [3.05, 3.63) is 71.2 Å². The lowest BCUT2D eigenvalue weighted by Gasteiger charge is -2.21. The van der Waals surface area contributed by atoms with Crippen molar-refractivity contribution in [2.75, 3.05) is 13.2 Å². The van der Waals surface area contributed by atoms with E-state index in [0.29, 0.717) is 23.0 Å². The molecule has 0 fully saturated rings. The summed E-state index contributed by atoms with van der Waals surface area (Å²) in [6.45, 7) is -0.181. The molecule has 7 heteroatoms. The molecule has 144 valence electrons. The zero-order chi connectivity index (χ0) is 19.7. The van der Waals surface area contributed by atoms with Crippen LogP contribution in [0.15, 0.2) is 48.5 Å². The smallest absolute Gasteiger partial charge is 0.329 e. The summed E-state index contributed by atoms with van der Waals surface area (Å²) < 4.78 is 18.7. The van der Waals surface area contributed by atoms with Crippen LogP contribution in [0.2, 0.25) is 0 Å². The van der Waals surface area contributed by atoms with Gasteiger partial charge in [0.1, 0.15) is 18.1 Å². The molecule has 3 aromatic rings. The molecule has 6 nitrogen and oxygen atoms in total. The van der Waals surface area contributed by atoms with Crippen LogP contribution in [0.3, 0.4) is 0 Å². The summed E-state index contributed by atoms with van der Waals surface area (Å²) in [6.07, 6.45) is 0.637. The van der Waals surface area contributed by atoms with Crippen molar-refractivity contribution in [1.29, 1.82) is 0 Å². The zero-order valence-corrected chi connectivity index (χ0v) is 14.9. The minimum Gasteiger partial charge on any atom is -0.480 e. The van der Waals surface area contributed by atoms with Crippen molar-refractivity contribution < 1.29 is 23.8 Å². The van der Waals surface area contributed by atoms with E-state index in [2.05, 4.69) is 10.3 Å². The molecule has 0 saturated carbocycles. The first-order valence-corrected chi connectivity index (χ1v) is 8.98. The van der Waals surface area contributed by atoms with Gasteiger partial charge < -0.3 is 20.1 Å². The zero-order valence-electron chi connectivity index (χ0n) is 14.9. The number of aromatic amines is 1. The molecule has 3 N–H and O–H groups in total. The van der Waals surface area contributed by atoms with Crippen LogP contribution >= 0.6 is 0 Å². The number of amides is 1. The third-order valence-corrected chi connectivity index (χ3v) is 5.05. The van der Waals surface area contributed by atoms with Gasteiger partial charge in [-0.2, -0.15) is 0 Å². The quantitative estimate of drug-likeness (QED) is 0.611. The van der Waals surface area contributed by atoms with Gasteiger partial charge in [0.25, 0.3) is 5.91 Å². The number of benzene rings is 2. The first-order chi connectivity index (χ1) is 13.5. The number of carboxylic acids is 1. The summed E-state index contributed by atoms with van der Waals surface area (Å²) in [5.74, 6) is -1.82. The molecule has 0 saturated heterocycles. The summed E-state index contributed by atoms with van der Waals surface area (Å²) in [4.78, 5) is 26.5. The first-order valence-electron chi connectivity index (χ1n) is 8.98. The van der Waals surface area contributed by atoms with Gasteiger partial charge in [-0.05, 0) is 41.8 Å². The first kappa shape index (κ1) is 18.2. The van der Waals surface area contributed by atoms with Crippen molar-refractivity contribution >= 4 is 22.8 Å². The molecule has 1 aliphatic rings. The van der Waals surface area contributed by atoms with Crippen LogP contribution in [-0.4, -0.2) is 41.2 Å². The van der Waals surface area contributed by atoms with Gasteiger partial charge in [0.05, 0.1) is 6.61 Å². The number of hydrogen-bond donors (Lipinski definition) is 3. The summed E-state index contributed by atoms with van der Waals surface area (Å²) in [5, 5.41) is 12.4. The van der Waals surface area contributed by atoms with Crippen molar-refractivity contribution in [2.24, 2.45) is 0 Å². The second-order valence-electron chi connectivity index (χ2n) is 6.91. The standard InChI is InChI=1S/C21H19FN2O4/c22-14-5-6-17-13(7-14)9-19(23-17)21(27)24-18-8-12-3-1-2-4-15(12)16(18)10-28-11-20(25)26/h1-7,9,16,18,23H,8,10-11H2,(H,24,27)(H,25,26)/t16-,18-/m1/s1. The number of H-pyrrole nitrogens is 1. The van der Waals surface area contributed by atoms with Gasteiger partial charge >= 0.3 is 5.97 Å². The fourth-order valence-corrected chi connectivity index (χ4v) is 3.78. The maximum Gasteiger partial charge on any atom is 0.329 e. The van der Waals surface area contributed by atoms with Crippen LogP contribution in [0, 0.1) is 5.82 Å². The number of rotatable bonds is 6. The number of nitrogens with one attached hydrogen (secondary N) is 2. The molecular formula is C21H19FN2O4. The van der Waals surface area contributed by atoms with Crippen LogP contribution in [0.1, 0.15) is 27.5 Å². The van der Waals surface area contributed by atoms with Gasteiger partial charge in [-0.15, -0.1) is 0 Å². The number of aliphatic carboxylic acids is 1. The molecule has 2 aromatic carbocycles. The highest BCUT2D eigenvalue weighted by atomic mass is 19.1. The lowest BCUT2D eigenvalue weighted by molar-refractivity contribution is -0.142. The van der Waals surface area contributed by atoms with Gasteiger partial charge in [-0.3, -0.25) is 4.79 Å². The van der Waals surface area contributed by atoms with Gasteiger partial charge in [-0.1, -0.05) is 24.3 Å². The lowest BCUT2D eigenvalue weighted by Crippen LogP contribution is -2.39. The van der Waals surface area contributed by atoms with Crippen molar-refractivity contribution in [3.63, 3.8) is 0 Å². The molecule has 0 unspecified atom stereocenters. The molecule has 0 bridgehead atoms. The number of ether oxygens (including phenoxy) is 1. The third kappa shape index (κ3) is 3.61. The van der Waals surface area contributed by atoms with Crippen LogP contribution in [-0.2, 0) is 16.0 Å². The fourth-order valence-electron chi connectivity index (χ4n) is 3.78. The average molecular weight is 382 g/mol. The Morgan fingerprint density at radius 3 is 2.86 bits per heavy atom. The normalized spacial score (nSPS) is 18.2. The molecule has 1 aromatic heterocycles. The van der Waals surface area contributed by atoms with Gasteiger partial charge in [0, 0.05) is 22.9 Å². The highest BCUT2D eigenvalue weighted by molar-refractivity contribution is 5.98. The molecule has 28 heavy (non-hydrogen) atoms. The fraction of sp³-hybridized carbons (Fsp3) is 0.238. The molecule has 0 radical (unpaired) electrons. The lowest BCUT2D eigenvalue weighted by atomic mass is 9.99. The second-order valence-corrected chi connectivity index (χ2v) is 6.91. The molecule has 4 rings (SSSR count). The number of halogens is 1. The van der Waals surface area contributed by atoms with E-state index in [1.807, 2.05) is 24.3 Å². The van der Waals surface area contributed by atoms with Crippen molar-refractivity contribution in [2.45, 2.75) is 18.4 Å². The number of carbonyl (C=O) groups excluding carboxylic acids is 1. The van der Waals surface area contributed by atoms with Gasteiger partial charge in [0.15, 0.2) is 0 Å². The molecule has 1 aliphatic carbocycles. The third-order valence-electron chi connectivity index (χ3n) is 5.05. The molecule has 0 aliphatic heterocycles. The number of carboxylic acid groups (broad SMARTS) is 1. The second kappa shape index (κ2) is 7.44. The predicted molar refractivity (Wildman–Crippen MR) is 101 cm³/mol. The Labute approximate surface area is 160 Å². The molecule has 1 heterocycles. The molecule has 1 amide bonds. The molecule has 0 spiro atoms. The van der Waals surface area contributed by atoms with E-state index in [-0.39, 0.29) is 36.9 Å². The molecule has 2 atom stereocenters. The topological polar surface area (TPSA) is 91.4 Å². The number of aromatic nitrogens is 1. The van der Waals surface area contributed by atoms with E-state index in [0.717, 1.165) is 11.1 Å². The Balaban J connectivity index is 1.52. The van der Waals surface area contributed by atoms with E-state index in [9.17, 15) is 14.0 Å². The average Bonchev–Trinajstić information content (AvgIpc) is 3.23. The minimum absolute atomic E-state index is 0.138. The maximum absolute atomic E-state index is 13.4. The summed E-state index contributed by atoms with van der Waals surface area (Å²) in [7, 11) is 0. The minimum atomic E-state index is -1.03. The van der Waals surface area contributed by atoms with Crippen LogP contribution in [0.25, 0.3) is 10.9 Å². The Hall–Kier alpha value is -3.19. The summed E-state index contributed by atoms with van der Waals surface area (Å²) in [5.41, 5.74) is 3.19. The van der Waals surface area contributed by atoms with E-state index in [1.54, 1.807) is 12.1 Å². The largest absolute Gasteiger partial charge is 0.480 e. The summed E-state index contributed by atoms with van der Waals surface area (Å²) >= 11 is 0. The highest BCUT2D eigenvalue weighted by Crippen LogP contribution is 2.33. The Kier molecular flexibility index (Phi) is 4.83. The van der Waals surface area contributed by atoms with E-state index >= 15 is 0 Å². The monoisotopic (exact) mass is 382 g/mol. The van der Waals surface area contributed by atoms with Crippen LogP contribution in [0.4, 0.5) is 4.39 Å². The van der Waals surface area contributed by atoms with Crippen molar-refractivity contribution in [3.8, 4) is 0 Å². The molecular weight excluding hydrogens is 363 g/mol. The summed E-state index contributed by atoms with van der Waals surface area (Å²) in [6, 6.07) is 13.5. The van der Waals surface area contributed by atoms with Gasteiger partial charge in [-0.25, -0.2) is 9.18 Å². The Morgan fingerprint density at radius 1 is 1.21 bits per heavy atom. The number of fused-ring (bicyclic) bond motifs is 2. The van der Waals surface area contributed by atoms with Crippen molar-refractivity contribution in [1.82, 2.24) is 10.3 Å². The maximum atomic E-state index is 13.4. The Morgan fingerprint density at radius 2 is 2.04 bits per heavy atom.